The maximum absolute atomic E-state index is 12.6. The molecule has 144 valence electrons. The molecule has 0 saturated carbocycles. The number of imide groups is 1. The van der Waals surface area contributed by atoms with Gasteiger partial charge in [0.2, 0.25) is 5.91 Å². The number of carbonyl (C=O) groups excluding carboxylic acids is 3. The van der Waals surface area contributed by atoms with Crippen LogP contribution in [0, 0.1) is 0 Å². The molecular formula is C18H20N2O6S. The minimum atomic E-state index is -0.489. The van der Waals surface area contributed by atoms with Gasteiger partial charge < -0.3 is 19.1 Å². The monoisotopic (exact) mass is 392 g/mol. The first-order valence-corrected chi connectivity index (χ1v) is 9.18. The molecule has 3 rings (SSSR count). The summed E-state index contributed by atoms with van der Waals surface area (Å²) in [6, 6.07) is 5.17. The van der Waals surface area contributed by atoms with E-state index >= 15 is 0 Å². The fraction of sp³-hybridized carbons (Fsp3) is 0.389. The maximum Gasteiger partial charge on any atom is 0.294 e. The molecular weight excluding hydrogens is 372 g/mol. The van der Waals surface area contributed by atoms with Gasteiger partial charge in [-0.05, 0) is 36.0 Å². The van der Waals surface area contributed by atoms with E-state index in [1.54, 1.807) is 29.2 Å². The molecule has 0 bridgehead atoms. The van der Waals surface area contributed by atoms with Gasteiger partial charge in [0, 0.05) is 18.7 Å². The van der Waals surface area contributed by atoms with Crippen molar-refractivity contribution in [3.05, 3.63) is 28.7 Å². The minimum absolute atomic E-state index is 0.237. The second-order valence-electron chi connectivity index (χ2n) is 5.87. The van der Waals surface area contributed by atoms with Crippen LogP contribution in [0.3, 0.4) is 0 Å². The Morgan fingerprint density at radius 1 is 1.22 bits per heavy atom. The van der Waals surface area contributed by atoms with Crippen LogP contribution in [0.15, 0.2) is 23.1 Å². The Bertz CT molecular complexity index is 788. The summed E-state index contributed by atoms with van der Waals surface area (Å²) in [4.78, 5) is 40.1. The van der Waals surface area contributed by atoms with Crippen LogP contribution in [0.5, 0.6) is 11.5 Å². The SMILES string of the molecule is COc1ccc(OC)c(/C=C2\SC(=O)N(CC(=O)N3CCOCC3)C2=O)c1. The number of nitrogens with zero attached hydrogens (tertiary/aromatic N) is 2. The van der Waals surface area contributed by atoms with E-state index in [0.29, 0.717) is 43.4 Å². The summed E-state index contributed by atoms with van der Waals surface area (Å²) in [5, 5.41) is -0.463. The number of carbonyl (C=O) groups is 3. The smallest absolute Gasteiger partial charge is 0.294 e. The van der Waals surface area contributed by atoms with E-state index in [4.69, 9.17) is 14.2 Å². The molecule has 2 saturated heterocycles. The molecule has 0 N–H and O–H groups in total. The minimum Gasteiger partial charge on any atom is -0.497 e. The highest BCUT2D eigenvalue weighted by atomic mass is 32.2. The van der Waals surface area contributed by atoms with Crippen molar-refractivity contribution >= 4 is 34.9 Å². The average molecular weight is 392 g/mol. The third kappa shape index (κ3) is 4.25. The summed E-state index contributed by atoms with van der Waals surface area (Å²) in [7, 11) is 3.06. The standard InChI is InChI=1S/C18H20N2O6S/c1-24-13-3-4-14(25-2)12(9-13)10-15-17(22)20(18(23)27-15)11-16(21)19-5-7-26-8-6-19/h3-4,9-10H,5-8,11H2,1-2H3/b15-10-. The molecule has 1 aromatic rings. The Hall–Kier alpha value is -2.52. The van der Waals surface area contributed by atoms with E-state index in [9.17, 15) is 14.4 Å². The van der Waals surface area contributed by atoms with Crippen LogP contribution in [-0.4, -0.2) is 73.9 Å². The number of benzene rings is 1. The van der Waals surface area contributed by atoms with Gasteiger partial charge in [0.1, 0.15) is 18.0 Å². The zero-order chi connectivity index (χ0) is 19.4. The van der Waals surface area contributed by atoms with E-state index in [-0.39, 0.29) is 17.4 Å². The first-order valence-electron chi connectivity index (χ1n) is 8.36. The highest BCUT2D eigenvalue weighted by Gasteiger charge is 2.37. The quantitative estimate of drug-likeness (QED) is 0.704. The number of hydrogen-bond donors (Lipinski definition) is 0. The Morgan fingerprint density at radius 2 is 1.96 bits per heavy atom. The van der Waals surface area contributed by atoms with Crippen molar-refractivity contribution < 1.29 is 28.6 Å². The van der Waals surface area contributed by atoms with Crippen molar-refractivity contribution in [1.29, 1.82) is 0 Å². The lowest BCUT2D eigenvalue weighted by Crippen LogP contribution is -2.46. The van der Waals surface area contributed by atoms with Crippen LogP contribution in [-0.2, 0) is 14.3 Å². The molecule has 2 fully saturated rings. The van der Waals surface area contributed by atoms with Gasteiger partial charge in [0.05, 0.1) is 32.3 Å². The summed E-state index contributed by atoms with van der Waals surface area (Å²) in [6.07, 6.45) is 1.57. The third-order valence-corrected chi connectivity index (χ3v) is 5.16. The van der Waals surface area contributed by atoms with Gasteiger partial charge in [-0.15, -0.1) is 0 Å². The van der Waals surface area contributed by atoms with Gasteiger partial charge in [0.15, 0.2) is 0 Å². The Morgan fingerprint density at radius 3 is 2.63 bits per heavy atom. The second-order valence-corrected chi connectivity index (χ2v) is 6.86. The molecule has 2 heterocycles. The van der Waals surface area contributed by atoms with E-state index in [2.05, 4.69) is 0 Å². The van der Waals surface area contributed by atoms with Crippen molar-refractivity contribution in [3.63, 3.8) is 0 Å². The van der Waals surface area contributed by atoms with Gasteiger partial charge in [-0.25, -0.2) is 0 Å². The van der Waals surface area contributed by atoms with Crippen LogP contribution in [0.1, 0.15) is 5.56 Å². The van der Waals surface area contributed by atoms with Gasteiger partial charge in [0.25, 0.3) is 11.1 Å². The van der Waals surface area contributed by atoms with Crippen LogP contribution in [0.4, 0.5) is 4.79 Å². The predicted octanol–water partition coefficient (Wildman–Crippen LogP) is 1.60. The van der Waals surface area contributed by atoms with Crippen molar-refractivity contribution in [2.75, 3.05) is 47.1 Å². The van der Waals surface area contributed by atoms with Crippen molar-refractivity contribution in [2.24, 2.45) is 0 Å². The van der Waals surface area contributed by atoms with Crippen LogP contribution in [0.25, 0.3) is 6.08 Å². The van der Waals surface area contributed by atoms with E-state index in [1.165, 1.54) is 14.2 Å². The Labute approximate surface area is 161 Å². The van der Waals surface area contributed by atoms with Crippen LogP contribution in [0.2, 0.25) is 0 Å². The molecule has 9 heteroatoms. The largest absolute Gasteiger partial charge is 0.497 e. The third-order valence-electron chi connectivity index (χ3n) is 4.25. The molecule has 8 nitrogen and oxygen atoms in total. The number of amides is 3. The number of ether oxygens (including phenoxy) is 3. The fourth-order valence-corrected chi connectivity index (χ4v) is 3.61. The first-order chi connectivity index (χ1) is 13.0. The number of hydrogen-bond acceptors (Lipinski definition) is 7. The fourth-order valence-electron chi connectivity index (χ4n) is 2.78. The van der Waals surface area contributed by atoms with Crippen LogP contribution >= 0.6 is 11.8 Å². The van der Waals surface area contributed by atoms with Gasteiger partial charge >= 0.3 is 0 Å². The lowest BCUT2D eigenvalue weighted by molar-refractivity contribution is -0.139. The summed E-state index contributed by atoms with van der Waals surface area (Å²) in [6.45, 7) is 1.58. The summed E-state index contributed by atoms with van der Waals surface area (Å²) in [5.74, 6) is 0.396. The van der Waals surface area contributed by atoms with E-state index < -0.39 is 11.1 Å². The predicted molar refractivity (Wildman–Crippen MR) is 99.6 cm³/mol. The zero-order valence-electron chi connectivity index (χ0n) is 15.1. The van der Waals surface area contributed by atoms with Gasteiger partial charge in [-0.1, -0.05) is 0 Å². The molecule has 0 radical (unpaired) electrons. The molecule has 1 aromatic carbocycles. The second kappa shape index (κ2) is 8.45. The molecule has 2 aliphatic heterocycles. The molecule has 0 atom stereocenters. The highest BCUT2D eigenvalue weighted by molar-refractivity contribution is 8.18. The average Bonchev–Trinajstić information content (AvgIpc) is 2.95. The lowest BCUT2D eigenvalue weighted by Gasteiger charge is -2.28. The van der Waals surface area contributed by atoms with E-state index in [1.807, 2.05) is 0 Å². The van der Waals surface area contributed by atoms with Gasteiger partial charge in [-0.3, -0.25) is 19.3 Å². The number of rotatable bonds is 5. The normalized spacial score (nSPS) is 19.0. The van der Waals surface area contributed by atoms with Crippen molar-refractivity contribution in [2.45, 2.75) is 0 Å². The molecule has 27 heavy (non-hydrogen) atoms. The van der Waals surface area contributed by atoms with Crippen molar-refractivity contribution in [1.82, 2.24) is 9.80 Å². The Kier molecular flexibility index (Phi) is 6.02. The number of thioether (sulfide) groups is 1. The van der Waals surface area contributed by atoms with E-state index in [0.717, 1.165) is 16.7 Å². The van der Waals surface area contributed by atoms with Crippen LogP contribution < -0.4 is 9.47 Å². The number of morpholine rings is 1. The summed E-state index contributed by atoms with van der Waals surface area (Å²) < 4.78 is 15.7. The summed E-state index contributed by atoms with van der Waals surface area (Å²) in [5.41, 5.74) is 0.613. The lowest BCUT2D eigenvalue weighted by atomic mass is 10.1. The molecule has 0 unspecified atom stereocenters. The number of methoxy groups -OCH3 is 2. The van der Waals surface area contributed by atoms with Gasteiger partial charge in [-0.2, -0.15) is 0 Å². The highest BCUT2D eigenvalue weighted by Crippen LogP contribution is 2.35. The molecule has 0 aromatic heterocycles. The summed E-state index contributed by atoms with van der Waals surface area (Å²) >= 11 is 0.805. The molecule has 0 aliphatic carbocycles. The zero-order valence-corrected chi connectivity index (χ0v) is 15.9. The maximum atomic E-state index is 12.6. The molecule has 3 amide bonds. The molecule has 0 spiro atoms. The topological polar surface area (TPSA) is 85.4 Å². The molecule has 2 aliphatic rings. The first kappa shape index (κ1) is 19.2. The Balaban J connectivity index is 1.77. The van der Waals surface area contributed by atoms with Crippen molar-refractivity contribution in [3.8, 4) is 11.5 Å².